The van der Waals surface area contributed by atoms with Gasteiger partial charge in [0.1, 0.15) is 0 Å². The smallest absolute Gasteiger partial charge is 0.318 e. The lowest BCUT2D eigenvalue weighted by Gasteiger charge is -2.25. The second-order valence-corrected chi connectivity index (χ2v) is 5.46. The SMILES string of the molecule is CNCC1CCCN1Cc1ccc(C(F)(F)F)cc1C.Cl. The Labute approximate surface area is 130 Å². The molecule has 1 heterocycles. The molecule has 0 radical (unpaired) electrons. The fraction of sp³-hybridized carbons (Fsp3) is 0.600. The molecule has 1 aliphatic heterocycles. The van der Waals surface area contributed by atoms with Gasteiger partial charge in [0.15, 0.2) is 0 Å². The van der Waals surface area contributed by atoms with Crippen LogP contribution in [0.5, 0.6) is 0 Å². The van der Waals surface area contributed by atoms with Crippen LogP contribution in [0.4, 0.5) is 13.2 Å². The lowest BCUT2D eigenvalue weighted by Crippen LogP contribution is -2.36. The molecule has 0 spiro atoms. The van der Waals surface area contributed by atoms with Crippen LogP contribution in [0.15, 0.2) is 18.2 Å². The van der Waals surface area contributed by atoms with Crippen LogP contribution >= 0.6 is 12.4 Å². The Morgan fingerprint density at radius 2 is 2.05 bits per heavy atom. The van der Waals surface area contributed by atoms with Crippen molar-refractivity contribution in [3.63, 3.8) is 0 Å². The molecule has 0 aromatic heterocycles. The third-order valence-electron chi connectivity index (χ3n) is 3.98. The summed E-state index contributed by atoms with van der Waals surface area (Å²) >= 11 is 0. The van der Waals surface area contributed by atoms with Gasteiger partial charge in [-0.25, -0.2) is 0 Å². The first-order chi connectivity index (χ1) is 9.41. The summed E-state index contributed by atoms with van der Waals surface area (Å²) in [6, 6.07) is 4.54. The summed E-state index contributed by atoms with van der Waals surface area (Å²) in [5.41, 5.74) is 1.14. The lowest BCUT2D eigenvalue weighted by molar-refractivity contribution is -0.137. The van der Waals surface area contributed by atoms with E-state index in [0.717, 1.165) is 43.6 Å². The maximum atomic E-state index is 12.6. The van der Waals surface area contributed by atoms with Crippen molar-refractivity contribution in [3.05, 3.63) is 34.9 Å². The van der Waals surface area contributed by atoms with Gasteiger partial charge in [-0.1, -0.05) is 6.07 Å². The van der Waals surface area contributed by atoms with Crippen LogP contribution in [0.25, 0.3) is 0 Å². The molecular weight excluding hydrogens is 301 g/mol. The molecule has 0 amide bonds. The highest BCUT2D eigenvalue weighted by Crippen LogP contribution is 2.31. The number of nitrogens with one attached hydrogen (secondary N) is 1. The number of halogens is 4. The molecule has 2 rings (SSSR count). The number of likely N-dealkylation sites (N-methyl/N-ethyl adjacent to an activating group) is 1. The maximum Gasteiger partial charge on any atom is 0.416 e. The third-order valence-corrected chi connectivity index (χ3v) is 3.98. The van der Waals surface area contributed by atoms with Crippen molar-refractivity contribution in [3.8, 4) is 0 Å². The van der Waals surface area contributed by atoms with Gasteiger partial charge in [-0.3, -0.25) is 4.90 Å². The number of benzene rings is 1. The van der Waals surface area contributed by atoms with E-state index in [2.05, 4.69) is 10.2 Å². The van der Waals surface area contributed by atoms with E-state index in [1.807, 2.05) is 7.05 Å². The Hall–Kier alpha value is -0.780. The van der Waals surface area contributed by atoms with E-state index < -0.39 is 11.7 Å². The topological polar surface area (TPSA) is 15.3 Å². The normalized spacial score (nSPS) is 19.6. The quantitative estimate of drug-likeness (QED) is 0.911. The average Bonchev–Trinajstić information content (AvgIpc) is 2.78. The van der Waals surface area contributed by atoms with Crippen molar-refractivity contribution in [1.82, 2.24) is 10.2 Å². The summed E-state index contributed by atoms with van der Waals surface area (Å²) in [7, 11) is 1.93. The molecule has 1 saturated heterocycles. The van der Waals surface area contributed by atoms with Gasteiger partial charge < -0.3 is 5.32 Å². The minimum atomic E-state index is -4.26. The Kier molecular flexibility index (Phi) is 6.50. The van der Waals surface area contributed by atoms with E-state index >= 15 is 0 Å². The summed E-state index contributed by atoms with van der Waals surface area (Å²) in [5, 5.41) is 3.18. The standard InChI is InChI=1S/C15H21F3N2.ClH/c1-11-8-13(15(16,17)18)6-5-12(11)10-20-7-3-4-14(20)9-19-2;/h5-6,8,14,19H,3-4,7,9-10H2,1-2H3;1H. The van der Waals surface area contributed by atoms with Gasteiger partial charge in [-0.05, 0) is 56.6 Å². The zero-order valence-corrected chi connectivity index (χ0v) is 13.2. The highest BCUT2D eigenvalue weighted by Gasteiger charge is 2.31. The summed E-state index contributed by atoms with van der Waals surface area (Å²) in [5.74, 6) is 0. The zero-order valence-electron chi connectivity index (χ0n) is 12.3. The molecule has 2 nitrogen and oxygen atoms in total. The van der Waals surface area contributed by atoms with Gasteiger partial charge in [0.25, 0.3) is 0 Å². The van der Waals surface area contributed by atoms with E-state index in [1.165, 1.54) is 12.1 Å². The lowest BCUT2D eigenvalue weighted by atomic mass is 10.0. The van der Waals surface area contributed by atoms with Crippen molar-refractivity contribution in [2.75, 3.05) is 20.1 Å². The Balaban J connectivity index is 0.00000220. The monoisotopic (exact) mass is 322 g/mol. The number of alkyl halides is 3. The predicted octanol–water partition coefficient (Wildman–Crippen LogP) is 3.62. The minimum Gasteiger partial charge on any atom is -0.318 e. The molecule has 0 bridgehead atoms. The Morgan fingerprint density at radius 3 is 2.62 bits per heavy atom. The number of hydrogen-bond donors (Lipinski definition) is 1. The van der Waals surface area contributed by atoms with E-state index in [1.54, 1.807) is 13.0 Å². The minimum absolute atomic E-state index is 0. The summed E-state index contributed by atoms with van der Waals surface area (Å²) in [4.78, 5) is 2.35. The Bertz CT molecular complexity index is 463. The van der Waals surface area contributed by atoms with Crippen LogP contribution in [-0.4, -0.2) is 31.1 Å². The number of hydrogen-bond acceptors (Lipinski definition) is 2. The first-order valence-electron chi connectivity index (χ1n) is 6.97. The van der Waals surface area contributed by atoms with Gasteiger partial charge in [0, 0.05) is 19.1 Å². The molecule has 1 aromatic carbocycles. The highest BCUT2D eigenvalue weighted by molar-refractivity contribution is 5.85. The van der Waals surface area contributed by atoms with Crippen LogP contribution in [0, 0.1) is 6.92 Å². The van der Waals surface area contributed by atoms with Crippen LogP contribution in [0.3, 0.4) is 0 Å². The predicted molar refractivity (Wildman–Crippen MR) is 80.8 cm³/mol. The van der Waals surface area contributed by atoms with Crippen molar-refractivity contribution >= 4 is 12.4 Å². The van der Waals surface area contributed by atoms with Gasteiger partial charge in [-0.15, -0.1) is 12.4 Å². The first kappa shape index (κ1) is 18.3. The molecule has 0 saturated carbocycles. The molecule has 1 N–H and O–H groups in total. The van der Waals surface area contributed by atoms with Crippen LogP contribution in [0.1, 0.15) is 29.5 Å². The van der Waals surface area contributed by atoms with Gasteiger partial charge >= 0.3 is 6.18 Å². The molecule has 1 unspecified atom stereocenters. The molecule has 1 aromatic rings. The summed E-state index contributed by atoms with van der Waals surface area (Å²) in [6.45, 7) is 4.44. The second kappa shape index (κ2) is 7.47. The fourth-order valence-corrected chi connectivity index (χ4v) is 2.84. The van der Waals surface area contributed by atoms with Crippen LogP contribution < -0.4 is 5.32 Å². The number of rotatable bonds is 4. The molecule has 21 heavy (non-hydrogen) atoms. The average molecular weight is 323 g/mol. The Morgan fingerprint density at radius 1 is 1.33 bits per heavy atom. The van der Waals surface area contributed by atoms with Crippen LogP contribution in [-0.2, 0) is 12.7 Å². The van der Waals surface area contributed by atoms with Crippen molar-refractivity contribution < 1.29 is 13.2 Å². The van der Waals surface area contributed by atoms with E-state index in [9.17, 15) is 13.2 Å². The molecule has 1 aliphatic rings. The van der Waals surface area contributed by atoms with Crippen molar-refractivity contribution in [2.24, 2.45) is 0 Å². The molecule has 6 heteroatoms. The van der Waals surface area contributed by atoms with Gasteiger partial charge in [-0.2, -0.15) is 13.2 Å². The van der Waals surface area contributed by atoms with E-state index in [0.29, 0.717) is 6.04 Å². The first-order valence-corrected chi connectivity index (χ1v) is 6.97. The number of aryl methyl sites for hydroxylation is 1. The second-order valence-electron chi connectivity index (χ2n) is 5.46. The number of nitrogens with zero attached hydrogens (tertiary/aromatic N) is 1. The molecule has 0 aliphatic carbocycles. The highest BCUT2D eigenvalue weighted by atomic mass is 35.5. The summed E-state index contributed by atoms with van der Waals surface area (Å²) in [6.07, 6.45) is -1.95. The zero-order chi connectivity index (χ0) is 14.8. The third kappa shape index (κ3) is 4.59. The van der Waals surface area contributed by atoms with Crippen LogP contribution in [0.2, 0.25) is 0 Å². The van der Waals surface area contributed by atoms with Gasteiger partial charge in [0.05, 0.1) is 5.56 Å². The van der Waals surface area contributed by atoms with Gasteiger partial charge in [0.2, 0.25) is 0 Å². The molecule has 1 fully saturated rings. The van der Waals surface area contributed by atoms with Crippen molar-refractivity contribution in [2.45, 2.75) is 38.5 Å². The van der Waals surface area contributed by atoms with Crippen molar-refractivity contribution in [1.29, 1.82) is 0 Å². The molecule has 1 atom stereocenters. The number of likely N-dealkylation sites (tertiary alicyclic amines) is 1. The summed E-state index contributed by atoms with van der Waals surface area (Å²) < 4.78 is 37.9. The largest absolute Gasteiger partial charge is 0.416 e. The van der Waals surface area contributed by atoms with E-state index in [4.69, 9.17) is 0 Å². The maximum absolute atomic E-state index is 12.6. The molecule has 120 valence electrons. The van der Waals surface area contributed by atoms with E-state index in [-0.39, 0.29) is 12.4 Å². The molecular formula is C15H22ClF3N2. The fourth-order valence-electron chi connectivity index (χ4n) is 2.84.